The molecule has 0 radical (unpaired) electrons. The van der Waals surface area contributed by atoms with E-state index in [9.17, 15) is 8.42 Å². The summed E-state index contributed by atoms with van der Waals surface area (Å²) >= 11 is 6.42. The van der Waals surface area contributed by atoms with Gasteiger partial charge < -0.3 is 9.47 Å². The first-order valence-corrected chi connectivity index (χ1v) is 9.19. The smallest absolute Gasteiger partial charge is 0.161 e. The lowest BCUT2D eigenvalue weighted by Crippen LogP contribution is -2.35. The van der Waals surface area contributed by atoms with Crippen LogP contribution in [0.2, 0.25) is 0 Å². The standard InChI is InChI=1S/C15H21ClO4S/c1-10-8-19-12-6-5-11(7-13(12)20-9-10)14(16)15(2,3)21(4,17)18/h5-7,10,14H,8-9H2,1-4H3. The van der Waals surface area contributed by atoms with Crippen LogP contribution in [0.5, 0.6) is 11.5 Å². The highest BCUT2D eigenvalue weighted by Gasteiger charge is 2.39. The molecule has 0 saturated carbocycles. The Balaban J connectivity index is 2.35. The zero-order chi connectivity index (χ0) is 15.8. The monoisotopic (exact) mass is 332 g/mol. The largest absolute Gasteiger partial charge is 0.489 e. The van der Waals surface area contributed by atoms with Crippen molar-refractivity contribution in [1.82, 2.24) is 0 Å². The molecule has 0 aromatic heterocycles. The molecule has 1 aromatic rings. The van der Waals surface area contributed by atoms with Gasteiger partial charge in [-0.15, -0.1) is 11.6 Å². The predicted molar refractivity (Wildman–Crippen MR) is 84.1 cm³/mol. The minimum absolute atomic E-state index is 0.306. The summed E-state index contributed by atoms with van der Waals surface area (Å²) in [4.78, 5) is 0. The highest BCUT2D eigenvalue weighted by atomic mass is 35.5. The van der Waals surface area contributed by atoms with Crippen molar-refractivity contribution in [2.75, 3.05) is 19.5 Å². The summed E-state index contributed by atoms with van der Waals surface area (Å²) in [5, 5.41) is -0.665. The summed E-state index contributed by atoms with van der Waals surface area (Å²) in [6.07, 6.45) is 1.20. The predicted octanol–water partition coefficient (Wildman–Crippen LogP) is 3.20. The second-order valence-electron chi connectivity index (χ2n) is 6.17. The average Bonchev–Trinajstić information content (AvgIpc) is 2.58. The van der Waals surface area contributed by atoms with Gasteiger partial charge in [0.2, 0.25) is 0 Å². The van der Waals surface area contributed by atoms with Gasteiger partial charge in [-0.3, -0.25) is 0 Å². The molecule has 1 aliphatic rings. The quantitative estimate of drug-likeness (QED) is 0.798. The van der Waals surface area contributed by atoms with Crippen LogP contribution in [0.15, 0.2) is 18.2 Å². The molecule has 0 N–H and O–H groups in total. The van der Waals surface area contributed by atoms with E-state index in [2.05, 4.69) is 0 Å². The molecule has 2 rings (SSSR count). The Bertz CT molecular complexity index is 625. The molecule has 1 heterocycles. The first kappa shape index (κ1) is 16.4. The van der Waals surface area contributed by atoms with Crippen LogP contribution < -0.4 is 9.47 Å². The van der Waals surface area contributed by atoms with Gasteiger partial charge in [-0.25, -0.2) is 8.42 Å². The van der Waals surface area contributed by atoms with E-state index >= 15 is 0 Å². The van der Waals surface area contributed by atoms with Crippen molar-refractivity contribution in [2.45, 2.75) is 30.9 Å². The molecule has 0 amide bonds. The molecular formula is C15H21ClO4S. The average molecular weight is 333 g/mol. The Hall–Kier alpha value is -0.940. The molecule has 0 saturated heterocycles. The summed E-state index contributed by atoms with van der Waals surface area (Å²) in [6, 6.07) is 5.36. The third-order valence-corrected chi connectivity index (χ3v) is 6.95. The number of hydrogen-bond donors (Lipinski definition) is 0. The van der Waals surface area contributed by atoms with Crippen molar-refractivity contribution in [1.29, 1.82) is 0 Å². The van der Waals surface area contributed by atoms with Gasteiger partial charge in [-0.05, 0) is 31.5 Å². The van der Waals surface area contributed by atoms with Crippen LogP contribution in [-0.4, -0.2) is 32.6 Å². The van der Waals surface area contributed by atoms with Crippen LogP contribution in [0.4, 0.5) is 0 Å². The van der Waals surface area contributed by atoms with Gasteiger partial charge in [0.05, 0.1) is 23.3 Å². The summed E-state index contributed by atoms with van der Waals surface area (Å²) in [7, 11) is -3.29. The molecule has 4 nitrogen and oxygen atoms in total. The lowest BCUT2D eigenvalue weighted by atomic mass is 10.0. The molecule has 2 unspecified atom stereocenters. The Morgan fingerprint density at radius 3 is 2.38 bits per heavy atom. The molecular weight excluding hydrogens is 312 g/mol. The maximum absolute atomic E-state index is 11.9. The molecule has 0 spiro atoms. The van der Waals surface area contributed by atoms with Crippen LogP contribution >= 0.6 is 11.6 Å². The molecule has 118 valence electrons. The van der Waals surface area contributed by atoms with Gasteiger partial charge in [0, 0.05) is 12.2 Å². The summed E-state index contributed by atoms with van der Waals surface area (Å²) in [6.45, 7) is 6.48. The van der Waals surface area contributed by atoms with Gasteiger partial charge in [0.25, 0.3) is 0 Å². The number of rotatable bonds is 3. The first-order chi connectivity index (χ1) is 9.63. The third-order valence-electron chi connectivity index (χ3n) is 3.87. The van der Waals surface area contributed by atoms with Crippen molar-refractivity contribution in [2.24, 2.45) is 5.92 Å². The van der Waals surface area contributed by atoms with Crippen LogP contribution in [0, 0.1) is 5.92 Å². The Morgan fingerprint density at radius 2 is 1.81 bits per heavy atom. The van der Waals surface area contributed by atoms with E-state index in [1.54, 1.807) is 32.0 Å². The van der Waals surface area contributed by atoms with Crippen molar-refractivity contribution in [3.63, 3.8) is 0 Å². The van der Waals surface area contributed by atoms with Gasteiger partial charge in [-0.1, -0.05) is 13.0 Å². The van der Waals surface area contributed by atoms with Crippen molar-refractivity contribution in [3.05, 3.63) is 23.8 Å². The number of benzene rings is 1. The van der Waals surface area contributed by atoms with E-state index in [1.807, 2.05) is 6.92 Å². The fourth-order valence-corrected chi connectivity index (χ4v) is 3.15. The van der Waals surface area contributed by atoms with Gasteiger partial charge in [0.1, 0.15) is 0 Å². The summed E-state index contributed by atoms with van der Waals surface area (Å²) in [5.74, 6) is 1.59. The van der Waals surface area contributed by atoms with Crippen LogP contribution in [-0.2, 0) is 9.84 Å². The highest BCUT2D eigenvalue weighted by molar-refractivity contribution is 7.92. The highest BCUT2D eigenvalue weighted by Crippen LogP contribution is 2.41. The molecule has 6 heteroatoms. The Morgan fingerprint density at radius 1 is 1.24 bits per heavy atom. The minimum Gasteiger partial charge on any atom is -0.489 e. The van der Waals surface area contributed by atoms with E-state index in [4.69, 9.17) is 21.1 Å². The second-order valence-corrected chi connectivity index (χ2v) is 9.20. The summed E-state index contributed by atoms with van der Waals surface area (Å²) < 4.78 is 34.1. The molecule has 0 fully saturated rings. The SMILES string of the molecule is CC1COc2ccc(C(Cl)C(C)(C)S(C)(=O)=O)cc2OC1. The van der Waals surface area contributed by atoms with Crippen LogP contribution in [0.1, 0.15) is 31.7 Å². The van der Waals surface area contributed by atoms with Crippen molar-refractivity contribution in [3.8, 4) is 11.5 Å². The zero-order valence-electron chi connectivity index (χ0n) is 12.7. The van der Waals surface area contributed by atoms with Crippen molar-refractivity contribution < 1.29 is 17.9 Å². The molecule has 0 bridgehead atoms. The van der Waals surface area contributed by atoms with Gasteiger partial charge in [0.15, 0.2) is 21.3 Å². The fourth-order valence-electron chi connectivity index (χ4n) is 2.02. The third kappa shape index (κ3) is 3.29. The minimum atomic E-state index is -3.29. The summed E-state index contributed by atoms with van der Waals surface area (Å²) in [5.41, 5.74) is 0.712. The number of sulfone groups is 1. The number of halogens is 1. The van der Waals surface area contributed by atoms with E-state index in [0.29, 0.717) is 36.2 Å². The first-order valence-electron chi connectivity index (χ1n) is 6.86. The van der Waals surface area contributed by atoms with Crippen LogP contribution in [0.25, 0.3) is 0 Å². The number of alkyl halides is 1. The van der Waals surface area contributed by atoms with Gasteiger partial charge in [-0.2, -0.15) is 0 Å². The van der Waals surface area contributed by atoms with Gasteiger partial charge >= 0.3 is 0 Å². The zero-order valence-corrected chi connectivity index (χ0v) is 14.3. The molecule has 1 aliphatic heterocycles. The molecule has 2 atom stereocenters. The van der Waals surface area contributed by atoms with Crippen LogP contribution in [0.3, 0.4) is 0 Å². The number of ether oxygens (including phenoxy) is 2. The molecule has 0 aliphatic carbocycles. The topological polar surface area (TPSA) is 52.6 Å². The lowest BCUT2D eigenvalue weighted by molar-refractivity contribution is 0.228. The normalized spacial score (nSPS) is 20.7. The Kier molecular flexibility index (Phi) is 4.45. The second kappa shape index (κ2) is 5.69. The number of fused-ring (bicyclic) bond motifs is 1. The van der Waals surface area contributed by atoms with E-state index in [-0.39, 0.29) is 0 Å². The van der Waals surface area contributed by atoms with E-state index in [1.165, 1.54) is 6.26 Å². The number of hydrogen-bond acceptors (Lipinski definition) is 4. The molecule has 21 heavy (non-hydrogen) atoms. The van der Waals surface area contributed by atoms with E-state index in [0.717, 1.165) is 0 Å². The van der Waals surface area contributed by atoms with E-state index < -0.39 is 20.0 Å². The Labute approximate surface area is 131 Å². The molecule has 1 aromatic carbocycles. The lowest BCUT2D eigenvalue weighted by Gasteiger charge is -2.28. The van der Waals surface area contributed by atoms with Crippen molar-refractivity contribution >= 4 is 21.4 Å². The maximum Gasteiger partial charge on any atom is 0.161 e. The fraction of sp³-hybridized carbons (Fsp3) is 0.600. The maximum atomic E-state index is 11.9.